The molecule has 10 heteroatoms. The molecule has 0 spiro atoms. The standard InChI is InChI=1S/C28H23N3O7/c1-3-36-24-14-18(13-19(15-29)25(32)30-16-20-7-6-12-37-20)10-11-23(24)38-28(35)17(2)31-26(33)21-8-4-5-9-22(21)27(31)34/h4-14,17H,3,16H2,1-2H3,(H,30,32)/b19-13+. The number of hydrogen-bond acceptors (Lipinski definition) is 8. The van der Waals surface area contributed by atoms with Crippen LogP contribution >= 0.6 is 0 Å². The number of carbonyl (C=O) groups is 4. The van der Waals surface area contributed by atoms with Crippen molar-refractivity contribution < 1.29 is 33.1 Å². The van der Waals surface area contributed by atoms with E-state index in [0.717, 1.165) is 4.90 Å². The number of nitrogens with zero attached hydrogens (tertiary/aromatic N) is 2. The van der Waals surface area contributed by atoms with E-state index in [9.17, 15) is 24.4 Å². The fourth-order valence-corrected chi connectivity index (χ4v) is 3.82. The second-order valence-corrected chi connectivity index (χ2v) is 8.19. The third-order valence-corrected chi connectivity index (χ3v) is 5.71. The molecule has 192 valence electrons. The average Bonchev–Trinajstić information content (AvgIpc) is 3.53. The molecule has 38 heavy (non-hydrogen) atoms. The van der Waals surface area contributed by atoms with Gasteiger partial charge in [-0.1, -0.05) is 18.2 Å². The van der Waals surface area contributed by atoms with E-state index in [2.05, 4.69) is 5.32 Å². The van der Waals surface area contributed by atoms with Gasteiger partial charge >= 0.3 is 5.97 Å². The summed E-state index contributed by atoms with van der Waals surface area (Å²) in [5.74, 6) is -1.80. The molecule has 1 atom stereocenters. The van der Waals surface area contributed by atoms with Crippen LogP contribution in [0.5, 0.6) is 11.5 Å². The highest BCUT2D eigenvalue weighted by molar-refractivity contribution is 6.22. The number of carbonyl (C=O) groups excluding carboxylic acids is 4. The van der Waals surface area contributed by atoms with E-state index in [4.69, 9.17) is 13.9 Å². The van der Waals surface area contributed by atoms with Crippen LogP contribution < -0.4 is 14.8 Å². The van der Waals surface area contributed by atoms with Crippen molar-refractivity contribution in [1.29, 1.82) is 5.26 Å². The first-order valence-corrected chi connectivity index (χ1v) is 11.7. The third-order valence-electron chi connectivity index (χ3n) is 5.71. The first-order valence-electron chi connectivity index (χ1n) is 11.7. The van der Waals surface area contributed by atoms with Crippen molar-refractivity contribution in [3.63, 3.8) is 0 Å². The van der Waals surface area contributed by atoms with Gasteiger partial charge in [-0.25, -0.2) is 4.79 Å². The number of benzene rings is 2. The van der Waals surface area contributed by atoms with Crippen molar-refractivity contribution in [2.45, 2.75) is 26.4 Å². The highest BCUT2D eigenvalue weighted by Gasteiger charge is 2.41. The zero-order chi connectivity index (χ0) is 27.2. The van der Waals surface area contributed by atoms with E-state index < -0.39 is 29.7 Å². The Balaban J connectivity index is 1.50. The van der Waals surface area contributed by atoms with Gasteiger partial charge in [0.05, 0.1) is 30.5 Å². The van der Waals surface area contributed by atoms with E-state index >= 15 is 0 Å². The molecule has 3 aromatic rings. The molecule has 0 bridgehead atoms. The van der Waals surface area contributed by atoms with Gasteiger partial charge in [0, 0.05) is 0 Å². The summed E-state index contributed by atoms with van der Waals surface area (Å²) in [6.07, 6.45) is 2.85. The van der Waals surface area contributed by atoms with Crippen LogP contribution in [0.25, 0.3) is 6.08 Å². The molecule has 0 radical (unpaired) electrons. The first kappa shape index (κ1) is 25.9. The largest absolute Gasteiger partial charge is 0.490 e. The summed E-state index contributed by atoms with van der Waals surface area (Å²) >= 11 is 0. The molecule has 4 rings (SSSR count). The van der Waals surface area contributed by atoms with Gasteiger partial charge in [-0.2, -0.15) is 5.26 Å². The van der Waals surface area contributed by atoms with Crippen molar-refractivity contribution in [3.8, 4) is 17.6 Å². The normalized spacial score (nSPS) is 13.5. The Bertz CT molecular complexity index is 1430. The summed E-state index contributed by atoms with van der Waals surface area (Å²) < 4.78 is 16.3. The van der Waals surface area contributed by atoms with Crippen LogP contribution in [-0.2, 0) is 16.1 Å². The maximum absolute atomic E-state index is 12.9. The van der Waals surface area contributed by atoms with Gasteiger partial charge in [-0.05, 0) is 61.9 Å². The monoisotopic (exact) mass is 513 g/mol. The van der Waals surface area contributed by atoms with Gasteiger partial charge in [-0.15, -0.1) is 0 Å². The predicted octanol–water partition coefficient (Wildman–Crippen LogP) is 3.49. The molecule has 3 amide bonds. The number of amides is 3. The molecule has 10 nitrogen and oxygen atoms in total. The maximum atomic E-state index is 12.9. The second kappa shape index (κ2) is 11.3. The SMILES string of the molecule is CCOc1cc(/C=C(\C#N)C(=O)NCc2ccco2)ccc1OC(=O)C(C)N1C(=O)c2ccccc2C1=O. The minimum Gasteiger partial charge on any atom is -0.490 e. The van der Waals surface area contributed by atoms with Crippen LogP contribution in [0, 0.1) is 11.3 Å². The Labute approximate surface area is 218 Å². The number of imide groups is 1. The van der Waals surface area contributed by atoms with Crippen LogP contribution in [0.3, 0.4) is 0 Å². The summed E-state index contributed by atoms with van der Waals surface area (Å²) in [5.41, 5.74) is 0.754. The molecule has 1 unspecified atom stereocenters. The van der Waals surface area contributed by atoms with E-state index in [1.54, 1.807) is 31.2 Å². The average molecular weight is 514 g/mol. The number of esters is 1. The van der Waals surface area contributed by atoms with Crippen molar-refractivity contribution in [1.82, 2.24) is 10.2 Å². The first-order chi connectivity index (χ1) is 18.3. The summed E-state index contributed by atoms with van der Waals surface area (Å²) in [6.45, 7) is 3.50. The number of fused-ring (bicyclic) bond motifs is 1. The van der Waals surface area contributed by atoms with E-state index in [-0.39, 0.29) is 41.4 Å². The van der Waals surface area contributed by atoms with Crippen molar-refractivity contribution in [2.24, 2.45) is 0 Å². The molecule has 2 heterocycles. The Morgan fingerprint density at radius 3 is 2.39 bits per heavy atom. The summed E-state index contributed by atoms with van der Waals surface area (Å²) in [5, 5.41) is 12.1. The molecule has 1 aliphatic heterocycles. The maximum Gasteiger partial charge on any atom is 0.334 e. The third kappa shape index (κ3) is 5.32. The molecule has 0 saturated heterocycles. The minimum atomic E-state index is -1.19. The lowest BCUT2D eigenvalue weighted by Gasteiger charge is -2.21. The number of furan rings is 1. The van der Waals surface area contributed by atoms with Gasteiger partial charge in [-0.3, -0.25) is 19.3 Å². The fraction of sp³-hybridized carbons (Fsp3) is 0.179. The molecule has 1 N–H and O–H groups in total. The second-order valence-electron chi connectivity index (χ2n) is 8.19. The van der Waals surface area contributed by atoms with Crippen molar-refractivity contribution in [3.05, 3.63) is 88.9 Å². The zero-order valence-electron chi connectivity index (χ0n) is 20.6. The van der Waals surface area contributed by atoms with Crippen LogP contribution in [0.4, 0.5) is 0 Å². The fourth-order valence-electron chi connectivity index (χ4n) is 3.82. The lowest BCUT2D eigenvalue weighted by Crippen LogP contribution is -2.44. The van der Waals surface area contributed by atoms with Gasteiger partial charge in [0.2, 0.25) is 0 Å². The number of ether oxygens (including phenoxy) is 2. The van der Waals surface area contributed by atoms with Gasteiger partial charge < -0.3 is 19.2 Å². The van der Waals surface area contributed by atoms with Crippen LogP contribution in [0.15, 0.2) is 70.9 Å². The number of rotatable bonds is 9. The summed E-state index contributed by atoms with van der Waals surface area (Å²) in [4.78, 5) is 51.7. The van der Waals surface area contributed by atoms with E-state index in [1.807, 2.05) is 6.07 Å². The highest BCUT2D eigenvalue weighted by atomic mass is 16.6. The molecular formula is C28H23N3O7. The Morgan fingerprint density at radius 1 is 1.08 bits per heavy atom. The molecule has 0 fully saturated rings. The number of hydrogen-bond donors (Lipinski definition) is 1. The van der Waals surface area contributed by atoms with Gasteiger partial charge in [0.25, 0.3) is 17.7 Å². The quantitative estimate of drug-likeness (QED) is 0.151. The van der Waals surface area contributed by atoms with Crippen LogP contribution in [-0.4, -0.2) is 41.2 Å². The highest BCUT2D eigenvalue weighted by Crippen LogP contribution is 2.31. The van der Waals surface area contributed by atoms with Crippen molar-refractivity contribution >= 4 is 29.8 Å². The lowest BCUT2D eigenvalue weighted by atomic mass is 10.1. The van der Waals surface area contributed by atoms with E-state index in [0.29, 0.717) is 11.3 Å². The molecule has 0 saturated carbocycles. The lowest BCUT2D eigenvalue weighted by molar-refractivity contribution is -0.138. The van der Waals surface area contributed by atoms with Crippen LogP contribution in [0.1, 0.15) is 45.9 Å². The molecular weight excluding hydrogens is 490 g/mol. The summed E-state index contributed by atoms with van der Waals surface area (Å²) in [6, 6.07) is 14.9. The Hall–Kier alpha value is -5.17. The molecule has 1 aromatic heterocycles. The molecule has 2 aromatic carbocycles. The van der Waals surface area contributed by atoms with E-state index in [1.165, 1.54) is 49.6 Å². The Morgan fingerprint density at radius 2 is 1.79 bits per heavy atom. The molecule has 0 aliphatic carbocycles. The minimum absolute atomic E-state index is 0.0539. The predicted molar refractivity (Wildman–Crippen MR) is 134 cm³/mol. The molecule has 1 aliphatic rings. The Kier molecular flexibility index (Phi) is 7.68. The topological polar surface area (TPSA) is 139 Å². The number of nitrogens with one attached hydrogen (secondary N) is 1. The van der Waals surface area contributed by atoms with Gasteiger partial charge in [0.1, 0.15) is 23.4 Å². The zero-order valence-corrected chi connectivity index (χ0v) is 20.6. The van der Waals surface area contributed by atoms with Gasteiger partial charge in [0.15, 0.2) is 11.5 Å². The van der Waals surface area contributed by atoms with Crippen molar-refractivity contribution in [2.75, 3.05) is 6.61 Å². The van der Waals surface area contributed by atoms with Crippen LogP contribution in [0.2, 0.25) is 0 Å². The summed E-state index contributed by atoms with van der Waals surface area (Å²) in [7, 11) is 0. The number of nitriles is 1. The smallest absolute Gasteiger partial charge is 0.334 e.